The monoisotopic (exact) mass is 362 g/mol. The third kappa shape index (κ3) is 3.20. The lowest BCUT2D eigenvalue weighted by Crippen LogP contribution is -2.39. The largest absolute Gasteiger partial charge is 0.419 e. The molecule has 0 N–H and O–H groups in total. The number of aromatic nitrogens is 3. The molecule has 2 fully saturated rings. The van der Waals surface area contributed by atoms with E-state index in [0.29, 0.717) is 18.3 Å². The molecule has 134 valence electrons. The van der Waals surface area contributed by atoms with Crippen molar-refractivity contribution in [2.24, 2.45) is 0 Å². The van der Waals surface area contributed by atoms with E-state index in [1.165, 1.54) is 0 Å². The van der Waals surface area contributed by atoms with E-state index in [1.807, 2.05) is 6.07 Å². The second kappa shape index (κ2) is 6.84. The summed E-state index contributed by atoms with van der Waals surface area (Å²) in [5.41, 5.74) is 0.737. The van der Waals surface area contributed by atoms with E-state index in [0.717, 1.165) is 50.5 Å². The summed E-state index contributed by atoms with van der Waals surface area (Å²) in [5, 5.41) is 7.95. The lowest BCUT2D eigenvalue weighted by atomic mass is 10.0. The average Bonchev–Trinajstić information content (AvgIpc) is 3.33. The molecule has 1 aliphatic heterocycles. The van der Waals surface area contributed by atoms with E-state index in [9.17, 15) is 8.42 Å². The fourth-order valence-electron chi connectivity index (χ4n) is 3.82. The van der Waals surface area contributed by atoms with Gasteiger partial charge in [-0.25, -0.2) is 8.42 Å². The molecule has 1 unspecified atom stereocenters. The summed E-state index contributed by atoms with van der Waals surface area (Å²) in [6, 6.07) is 3.30. The number of pyridine rings is 1. The van der Waals surface area contributed by atoms with E-state index in [4.69, 9.17) is 4.42 Å². The molecule has 1 atom stereocenters. The summed E-state index contributed by atoms with van der Waals surface area (Å²) in [5.74, 6) is 0.765. The zero-order valence-electron chi connectivity index (χ0n) is 14.0. The Balaban J connectivity index is 1.58. The van der Waals surface area contributed by atoms with Crippen molar-refractivity contribution in [3.8, 4) is 11.5 Å². The summed E-state index contributed by atoms with van der Waals surface area (Å²) in [4.78, 5) is 4.05. The Labute approximate surface area is 147 Å². The van der Waals surface area contributed by atoms with Gasteiger partial charge in [0.15, 0.2) is 0 Å². The molecule has 2 aliphatic rings. The van der Waals surface area contributed by atoms with Crippen LogP contribution < -0.4 is 0 Å². The highest BCUT2D eigenvalue weighted by atomic mass is 32.2. The minimum Gasteiger partial charge on any atom is -0.419 e. The first-order valence-corrected chi connectivity index (χ1v) is 10.4. The predicted molar refractivity (Wildman–Crippen MR) is 92.0 cm³/mol. The quantitative estimate of drug-likeness (QED) is 0.831. The van der Waals surface area contributed by atoms with E-state index in [1.54, 1.807) is 22.8 Å². The standard InChI is InChI=1S/C17H22N4O3S/c22-25(23,14-7-2-1-3-8-14)21-11-5-9-15(21)17-20-19-16(24-17)13-6-4-10-18-12-13/h4,6,10,12,14-15H,1-3,5,7-9,11H2. The van der Waals surface area contributed by atoms with Gasteiger partial charge >= 0.3 is 0 Å². The van der Waals surface area contributed by atoms with Gasteiger partial charge in [-0.05, 0) is 37.8 Å². The molecule has 8 heteroatoms. The third-order valence-corrected chi connectivity index (χ3v) is 7.54. The van der Waals surface area contributed by atoms with Crippen LogP contribution in [0.4, 0.5) is 0 Å². The molecule has 0 radical (unpaired) electrons. The molecular weight excluding hydrogens is 340 g/mol. The van der Waals surface area contributed by atoms with Crippen LogP contribution in [0.5, 0.6) is 0 Å². The molecule has 2 aromatic rings. The minimum atomic E-state index is -3.32. The first-order valence-electron chi connectivity index (χ1n) is 8.91. The molecule has 1 saturated heterocycles. The van der Waals surface area contributed by atoms with Gasteiger partial charge in [-0.15, -0.1) is 10.2 Å². The SMILES string of the molecule is O=S(=O)(C1CCCCC1)N1CCCC1c1nnc(-c2cccnc2)o1. The van der Waals surface area contributed by atoms with Crippen LogP contribution in [0, 0.1) is 0 Å². The van der Waals surface area contributed by atoms with Gasteiger partial charge in [0, 0.05) is 18.9 Å². The highest BCUT2D eigenvalue weighted by molar-refractivity contribution is 7.89. The van der Waals surface area contributed by atoms with Gasteiger partial charge in [0.1, 0.15) is 6.04 Å². The zero-order valence-corrected chi connectivity index (χ0v) is 14.9. The number of nitrogens with zero attached hydrogens (tertiary/aromatic N) is 4. The maximum atomic E-state index is 13.1. The highest BCUT2D eigenvalue weighted by Crippen LogP contribution is 2.38. The van der Waals surface area contributed by atoms with Crippen molar-refractivity contribution >= 4 is 10.0 Å². The average molecular weight is 362 g/mol. The Hall–Kier alpha value is -1.80. The van der Waals surface area contributed by atoms with E-state index < -0.39 is 10.0 Å². The minimum absolute atomic E-state index is 0.262. The van der Waals surface area contributed by atoms with Crippen LogP contribution in [-0.2, 0) is 10.0 Å². The summed E-state index contributed by atoms with van der Waals surface area (Å²) in [6.45, 7) is 0.536. The topological polar surface area (TPSA) is 89.2 Å². The molecule has 0 aromatic carbocycles. The van der Waals surface area contributed by atoms with Crippen LogP contribution >= 0.6 is 0 Å². The van der Waals surface area contributed by atoms with Crippen molar-refractivity contribution in [3.05, 3.63) is 30.4 Å². The van der Waals surface area contributed by atoms with Crippen LogP contribution in [0.15, 0.2) is 28.9 Å². The summed E-state index contributed by atoms with van der Waals surface area (Å²) in [7, 11) is -3.32. The molecule has 25 heavy (non-hydrogen) atoms. The second-order valence-electron chi connectivity index (χ2n) is 6.76. The lowest BCUT2D eigenvalue weighted by molar-refractivity contribution is 0.323. The maximum Gasteiger partial charge on any atom is 0.249 e. The van der Waals surface area contributed by atoms with Gasteiger partial charge < -0.3 is 4.42 Å². The summed E-state index contributed by atoms with van der Waals surface area (Å²) < 4.78 is 33.5. The van der Waals surface area contributed by atoms with Gasteiger partial charge in [-0.2, -0.15) is 4.31 Å². The molecule has 1 saturated carbocycles. The van der Waals surface area contributed by atoms with Gasteiger partial charge in [0.05, 0.1) is 10.8 Å². The molecule has 0 amide bonds. The summed E-state index contributed by atoms with van der Waals surface area (Å²) >= 11 is 0. The summed E-state index contributed by atoms with van der Waals surface area (Å²) in [6.07, 6.45) is 9.52. The molecule has 0 bridgehead atoms. The van der Waals surface area contributed by atoms with Crippen LogP contribution in [0.3, 0.4) is 0 Å². The highest BCUT2D eigenvalue weighted by Gasteiger charge is 2.42. The van der Waals surface area contributed by atoms with Crippen molar-refractivity contribution in [1.82, 2.24) is 19.5 Å². The van der Waals surface area contributed by atoms with Crippen LogP contribution in [0.1, 0.15) is 56.9 Å². The number of hydrogen-bond acceptors (Lipinski definition) is 6. The van der Waals surface area contributed by atoms with Crippen LogP contribution in [0.2, 0.25) is 0 Å². The smallest absolute Gasteiger partial charge is 0.249 e. The Morgan fingerprint density at radius 2 is 1.92 bits per heavy atom. The van der Waals surface area contributed by atoms with Crippen molar-refractivity contribution < 1.29 is 12.8 Å². The Morgan fingerprint density at radius 1 is 1.08 bits per heavy atom. The fourth-order valence-corrected chi connectivity index (χ4v) is 6.07. The first kappa shape index (κ1) is 16.7. The van der Waals surface area contributed by atoms with Crippen LogP contribution in [0.25, 0.3) is 11.5 Å². The van der Waals surface area contributed by atoms with E-state index in [2.05, 4.69) is 15.2 Å². The molecule has 4 rings (SSSR count). The molecule has 3 heterocycles. The Kier molecular flexibility index (Phi) is 4.56. The predicted octanol–water partition coefficient (Wildman–Crippen LogP) is 2.93. The van der Waals surface area contributed by atoms with Gasteiger partial charge in [0.25, 0.3) is 0 Å². The van der Waals surface area contributed by atoms with Crippen molar-refractivity contribution in [3.63, 3.8) is 0 Å². The van der Waals surface area contributed by atoms with E-state index in [-0.39, 0.29) is 11.3 Å². The molecular formula is C17H22N4O3S. The second-order valence-corrected chi connectivity index (χ2v) is 8.93. The van der Waals surface area contributed by atoms with Crippen LogP contribution in [-0.4, -0.2) is 39.7 Å². The van der Waals surface area contributed by atoms with Gasteiger partial charge in [-0.1, -0.05) is 19.3 Å². The normalized spacial score (nSPS) is 23.1. The van der Waals surface area contributed by atoms with Crippen molar-refractivity contribution in [2.75, 3.05) is 6.54 Å². The maximum absolute atomic E-state index is 13.1. The lowest BCUT2D eigenvalue weighted by Gasteiger charge is -2.29. The zero-order chi connectivity index (χ0) is 17.3. The fraction of sp³-hybridized carbons (Fsp3) is 0.588. The number of hydrogen-bond donors (Lipinski definition) is 0. The molecule has 0 spiro atoms. The van der Waals surface area contributed by atoms with Crippen molar-refractivity contribution in [2.45, 2.75) is 56.2 Å². The molecule has 2 aromatic heterocycles. The first-order chi connectivity index (χ1) is 12.2. The Morgan fingerprint density at radius 3 is 2.68 bits per heavy atom. The van der Waals surface area contributed by atoms with Gasteiger partial charge in [-0.3, -0.25) is 4.98 Å². The van der Waals surface area contributed by atoms with Gasteiger partial charge in [0.2, 0.25) is 21.8 Å². The molecule has 7 nitrogen and oxygen atoms in total. The third-order valence-electron chi connectivity index (χ3n) is 5.14. The number of rotatable bonds is 4. The van der Waals surface area contributed by atoms with Crippen molar-refractivity contribution in [1.29, 1.82) is 0 Å². The molecule has 1 aliphatic carbocycles. The van der Waals surface area contributed by atoms with E-state index >= 15 is 0 Å². The Bertz CT molecular complexity index is 815. The number of sulfonamides is 1.